The summed E-state index contributed by atoms with van der Waals surface area (Å²) in [4.78, 5) is 11.0. The first-order valence-electron chi connectivity index (χ1n) is 8.66. The van der Waals surface area contributed by atoms with Crippen molar-refractivity contribution in [3.8, 4) is 11.3 Å². The van der Waals surface area contributed by atoms with Crippen LogP contribution in [-0.4, -0.2) is 16.0 Å². The number of hydrogen-bond donors (Lipinski definition) is 1. The zero-order valence-electron chi connectivity index (χ0n) is 15.9. The third-order valence-corrected chi connectivity index (χ3v) is 3.79. The van der Waals surface area contributed by atoms with E-state index >= 15 is 0 Å². The van der Waals surface area contributed by atoms with Gasteiger partial charge in [-0.3, -0.25) is 4.79 Å². The minimum Gasteiger partial charge on any atom is -0.512 e. The molecule has 0 amide bonds. The number of fused-ring (bicyclic) bond motifs is 1. The molecule has 1 N–H and O–H groups in total. The average Bonchev–Trinajstić information content (AvgIpc) is 3.07. The summed E-state index contributed by atoms with van der Waals surface area (Å²) >= 11 is 0. The molecule has 0 aliphatic heterocycles. The SMILES string of the molecule is CC(C)C(=O)/C=C(\O)C(C)C.[Ir].[c-]1ccccc1-c1noc2ccccc12. The van der Waals surface area contributed by atoms with Gasteiger partial charge in [-0.2, -0.15) is 0 Å². The number of carbonyl (C=O) groups is 1. The molecule has 145 valence electrons. The molecule has 5 heteroatoms. The third kappa shape index (κ3) is 6.46. The van der Waals surface area contributed by atoms with Crippen LogP contribution in [0.4, 0.5) is 0 Å². The summed E-state index contributed by atoms with van der Waals surface area (Å²) in [5, 5.41) is 14.3. The summed E-state index contributed by atoms with van der Waals surface area (Å²) in [5.41, 5.74) is 2.62. The van der Waals surface area contributed by atoms with Gasteiger partial charge in [0.2, 0.25) is 0 Å². The van der Waals surface area contributed by atoms with Crippen LogP contribution >= 0.6 is 0 Å². The molecule has 4 nitrogen and oxygen atoms in total. The summed E-state index contributed by atoms with van der Waals surface area (Å²) in [5.74, 6) is 0.161. The molecule has 0 aliphatic rings. The fourth-order valence-corrected chi connectivity index (χ4v) is 2.10. The van der Waals surface area contributed by atoms with Crippen LogP contribution in [0.1, 0.15) is 27.7 Å². The van der Waals surface area contributed by atoms with Crippen molar-refractivity contribution < 1.29 is 34.5 Å². The van der Waals surface area contributed by atoms with Gasteiger partial charge in [0.25, 0.3) is 0 Å². The number of benzene rings is 2. The van der Waals surface area contributed by atoms with Crippen LogP contribution in [-0.2, 0) is 24.9 Å². The third-order valence-electron chi connectivity index (χ3n) is 3.79. The monoisotopic (exact) mass is 543 g/mol. The summed E-state index contributed by atoms with van der Waals surface area (Å²) < 4.78 is 5.23. The molecule has 3 aromatic rings. The minimum atomic E-state index is -0.0316. The Labute approximate surface area is 173 Å². The first-order chi connectivity index (χ1) is 12.4. The average molecular weight is 543 g/mol. The number of allylic oxidation sites excluding steroid dienone is 2. The zero-order chi connectivity index (χ0) is 19.1. The standard InChI is InChI=1S/C13H8NO.C9H16O2.Ir/c1-2-6-10(7-3-1)13-11-8-4-5-9-12(11)15-14-13;1-6(2)8(10)5-9(11)7(3)4;/h1-6,8-9H;5-7,10H,1-4H3;/q-1;;/b;8-5-;. The maximum atomic E-state index is 11.0. The molecule has 2 aromatic carbocycles. The number of para-hydroxylation sites is 1. The molecule has 0 atom stereocenters. The molecule has 27 heavy (non-hydrogen) atoms. The molecule has 0 spiro atoms. The Morgan fingerprint density at radius 3 is 2.33 bits per heavy atom. The fourth-order valence-electron chi connectivity index (χ4n) is 2.10. The van der Waals surface area contributed by atoms with E-state index in [0.717, 1.165) is 22.2 Å². The van der Waals surface area contributed by atoms with Gasteiger partial charge < -0.3 is 9.63 Å². The molecule has 1 heterocycles. The zero-order valence-corrected chi connectivity index (χ0v) is 18.3. The Balaban J connectivity index is 0.000000276. The minimum absolute atomic E-state index is 0. The molecule has 0 aliphatic carbocycles. The fraction of sp³-hybridized carbons (Fsp3) is 0.273. The number of aromatic nitrogens is 1. The van der Waals surface area contributed by atoms with Gasteiger partial charge >= 0.3 is 0 Å². The number of rotatable bonds is 4. The van der Waals surface area contributed by atoms with E-state index in [1.807, 2.05) is 76.2 Å². The predicted molar refractivity (Wildman–Crippen MR) is 104 cm³/mol. The van der Waals surface area contributed by atoms with Crippen molar-refractivity contribution in [1.82, 2.24) is 5.16 Å². The van der Waals surface area contributed by atoms with Crippen LogP contribution in [0, 0.1) is 17.9 Å². The van der Waals surface area contributed by atoms with Crippen LogP contribution < -0.4 is 0 Å². The van der Waals surface area contributed by atoms with Gasteiger partial charge in [0.15, 0.2) is 11.4 Å². The van der Waals surface area contributed by atoms with E-state index in [-0.39, 0.29) is 43.5 Å². The van der Waals surface area contributed by atoms with Crippen LogP contribution in [0.3, 0.4) is 0 Å². The molecule has 1 radical (unpaired) electrons. The number of aliphatic hydroxyl groups excluding tert-OH is 1. The van der Waals surface area contributed by atoms with E-state index < -0.39 is 0 Å². The van der Waals surface area contributed by atoms with Crippen LogP contribution in [0.15, 0.2) is 64.9 Å². The molecule has 0 saturated carbocycles. The summed E-state index contributed by atoms with van der Waals surface area (Å²) in [6, 6.07) is 18.7. The van der Waals surface area contributed by atoms with E-state index in [1.54, 1.807) is 0 Å². The number of hydrogen-bond acceptors (Lipinski definition) is 4. The quantitative estimate of drug-likeness (QED) is 0.265. The van der Waals surface area contributed by atoms with Gasteiger partial charge in [-0.1, -0.05) is 45.9 Å². The van der Waals surface area contributed by atoms with E-state index in [4.69, 9.17) is 4.52 Å². The van der Waals surface area contributed by atoms with Gasteiger partial charge in [-0.05, 0) is 6.07 Å². The summed E-state index contributed by atoms with van der Waals surface area (Å²) in [7, 11) is 0. The normalized spacial score (nSPS) is 11.1. The number of carbonyl (C=O) groups excluding carboxylic acids is 1. The van der Waals surface area contributed by atoms with Gasteiger partial charge in [-0.25, -0.2) is 0 Å². The molecule has 0 unspecified atom stereocenters. The first kappa shape index (κ1) is 22.8. The van der Waals surface area contributed by atoms with Crippen molar-refractivity contribution in [2.24, 2.45) is 11.8 Å². The van der Waals surface area contributed by atoms with Gasteiger partial charge in [-0.15, -0.1) is 41.1 Å². The summed E-state index contributed by atoms with van der Waals surface area (Å²) in [6.07, 6.45) is 1.31. The van der Waals surface area contributed by atoms with Crippen molar-refractivity contribution in [2.45, 2.75) is 27.7 Å². The van der Waals surface area contributed by atoms with E-state index in [9.17, 15) is 9.90 Å². The Bertz CT molecular complexity index is 883. The van der Waals surface area contributed by atoms with Gasteiger partial charge in [0, 0.05) is 49.1 Å². The molecule has 1 aromatic heterocycles. The smallest absolute Gasteiger partial charge is 0.161 e. The van der Waals surface area contributed by atoms with E-state index in [1.165, 1.54) is 6.08 Å². The Hall–Kier alpha value is -2.23. The summed E-state index contributed by atoms with van der Waals surface area (Å²) in [6.45, 7) is 7.32. The van der Waals surface area contributed by atoms with Crippen molar-refractivity contribution in [2.75, 3.05) is 0 Å². The van der Waals surface area contributed by atoms with Gasteiger partial charge in [0.05, 0.1) is 5.76 Å². The molecular weight excluding hydrogens is 518 g/mol. The van der Waals surface area contributed by atoms with Crippen LogP contribution in [0.2, 0.25) is 0 Å². The number of nitrogens with zero attached hydrogens (tertiary/aromatic N) is 1. The molecule has 0 bridgehead atoms. The molecule has 0 saturated heterocycles. The maximum absolute atomic E-state index is 11.0. The number of ketones is 1. The Morgan fingerprint density at radius 1 is 1.07 bits per heavy atom. The van der Waals surface area contributed by atoms with E-state index in [0.29, 0.717) is 0 Å². The second kappa shape index (κ2) is 10.8. The molecule has 0 fully saturated rings. The second-order valence-corrected chi connectivity index (χ2v) is 6.58. The maximum Gasteiger partial charge on any atom is 0.161 e. The van der Waals surface area contributed by atoms with Crippen molar-refractivity contribution in [3.63, 3.8) is 0 Å². The first-order valence-corrected chi connectivity index (χ1v) is 8.66. The van der Waals surface area contributed by atoms with Gasteiger partial charge in [0.1, 0.15) is 0 Å². The predicted octanol–water partition coefficient (Wildman–Crippen LogP) is 5.60. The largest absolute Gasteiger partial charge is 0.512 e. The van der Waals surface area contributed by atoms with Crippen molar-refractivity contribution in [1.29, 1.82) is 0 Å². The topological polar surface area (TPSA) is 63.3 Å². The van der Waals surface area contributed by atoms with Crippen molar-refractivity contribution in [3.05, 3.63) is 66.4 Å². The van der Waals surface area contributed by atoms with Crippen molar-refractivity contribution >= 4 is 16.8 Å². The second-order valence-electron chi connectivity index (χ2n) is 6.58. The van der Waals surface area contributed by atoms with Crippen LogP contribution in [0.5, 0.6) is 0 Å². The van der Waals surface area contributed by atoms with E-state index in [2.05, 4.69) is 11.2 Å². The van der Waals surface area contributed by atoms with Crippen LogP contribution in [0.25, 0.3) is 22.2 Å². The Morgan fingerprint density at radius 2 is 1.74 bits per heavy atom. The molecular formula is C22H24IrNO3-. The number of aliphatic hydroxyl groups is 1. The molecule has 3 rings (SSSR count). The Kier molecular flexibility index (Phi) is 9.13.